The minimum atomic E-state index is 0.900. The summed E-state index contributed by atoms with van der Waals surface area (Å²) in [5, 5.41) is 4.51. The van der Waals surface area contributed by atoms with Gasteiger partial charge in [0, 0.05) is 21.5 Å². The van der Waals surface area contributed by atoms with E-state index in [9.17, 15) is 0 Å². The Labute approximate surface area is 254 Å². The van der Waals surface area contributed by atoms with Crippen molar-refractivity contribution in [3.8, 4) is 44.5 Å². The fourth-order valence-electron chi connectivity index (χ4n) is 6.58. The molecule has 0 spiro atoms. The second-order valence-electron chi connectivity index (χ2n) is 11.3. The SMILES string of the molecule is c1ccc(-c2cc(-c3ccc4oc5ccccc5c4c3)c(-c3ccccc3)cc2-c2ccc3oc4ccccc4c3c2)cc1. The minimum Gasteiger partial charge on any atom is -0.456 e. The van der Waals surface area contributed by atoms with Crippen molar-refractivity contribution in [2.75, 3.05) is 0 Å². The Morgan fingerprint density at radius 1 is 0.250 bits per heavy atom. The average molecular weight is 563 g/mol. The van der Waals surface area contributed by atoms with Crippen molar-refractivity contribution in [3.05, 3.63) is 158 Å². The lowest BCUT2D eigenvalue weighted by molar-refractivity contribution is 0.668. The number of hydrogen-bond donors (Lipinski definition) is 0. The van der Waals surface area contributed by atoms with Gasteiger partial charge in [-0.3, -0.25) is 0 Å². The zero-order valence-electron chi connectivity index (χ0n) is 23.8. The Morgan fingerprint density at radius 2 is 0.614 bits per heavy atom. The molecule has 9 rings (SSSR count). The summed E-state index contributed by atoms with van der Waals surface area (Å²) < 4.78 is 12.4. The zero-order chi connectivity index (χ0) is 29.0. The first kappa shape index (κ1) is 24.7. The molecule has 0 saturated heterocycles. The standard InChI is InChI=1S/C42H26O2/c1-3-11-27(12-4-1)33-25-36(30-20-22-42-38(24-30)32-16-8-10-18-40(32)44-42)34(28-13-5-2-6-14-28)26-35(33)29-19-21-41-37(23-29)31-15-7-9-17-39(31)43-41/h1-26H. The first-order valence-electron chi connectivity index (χ1n) is 14.9. The summed E-state index contributed by atoms with van der Waals surface area (Å²) in [6.45, 7) is 0. The number of fused-ring (bicyclic) bond motifs is 6. The average Bonchev–Trinajstić information content (AvgIpc) is 3.66. The molecule has 0 radical (unpaired) electrons. The smallest absolute Gasteiger partial charge is 0.135 e. The van der Waals surface area contributed by atoms with Gasteiger partial charge in [0.1, 0.15) is 22.3 Å². The third-order valence-electron chi connectivity index (χ3n) is 8.70. The van der Waals surface area contributed by atoms with E-state index >= 15 is 0 Å². The highest BCUT2D eigenvalue weighted by Crippen LogP contribution is 2.44. The Morgan fingerprint density at radius 3 is 1.07 bits per heavy atom. The molecular formula is C42H26O2. The molecule has 2 aromatic heterocycles. The molecule has 0 aliphatic carbocycles. The van der Waals surface area contributed by atoms with Crippen molar-refractivity contribution in [3.63, 3.8) is 0 Å². The Hall–Kier alpha value is -5.86. The van der Waals surface area contributed by atoms with Gasteiger partial charge in [-0.15, -0.1) is 0 Å². The van der Waals surface area contributed by atoms with E-state index in [1.54, 1.807) is 0 Å². The molecule has 0 fully saturated rings. The van der Waals surface area contributed by atoms with Gasteiger partial charge in [0.05, 0.1) is 0 Å². The van der Waals surface area contributed by atoms with Crippen LogP contribution in [0.3, 0.4) is 0 Å². The van der Waals surface area contributed by atoms with Crippen molar-refractivity contribution < 1.29 is 8.83 Å². The van der Waals surface area contributed by atoms with Crippen molar-refractivity contribution in [2.45, 2.75) is 0 Å². The van der Waals surface area contributed by atoms with E-state index in [0.29, 0.717) is 0 Å². The van der Waals surface area contributed by atoms with Crippen molar-refractivity contribution in [1.82, 2.24) is 0 Å². The summed E-state index contributed by atoms with van der Waals surface area (Å²) in [6.07, 6.45) is 0. The Balaban J connectivity index is 1.35. The van der Waals surface area contributed by atoms with Crippen molar-refractivity contribution >= 4 is 43.9 Å². The van der Waals surface area contributed by atoms with E-state index in [2.05, 4.69) is 133 Å². The third-order valence-corrected chi connectivity index (χ3v) is 8.70. The minimum absolute atomic E-state index is 0.900. The largest absolute Gasteiger partial charge is 0.456 e. The number of hydrogen-bond acceptors (Lipinski definition) is 2. The van der Waals surface area contributed by atoms with Gasteiger partial charge in [0.2, 0.25) is 0 Å². The quantitative estimate of drug-likeness (QED) is 0.213. The molecule has 44 heavy (non-hydrogen) atoms. The number of benzene rings is 7. The summed E-state index contributed by atoms with van der Waals surface area (Å²) in [6, 6.07) is 55.8. The summed E-state index contributed by atoms with van der Waals surface area (Å²) >= 11 is 0. The van der Waals surface area contributed by atoms with Gasteiger partial charge in [-0.2, -0.15) is 0 Å². The van der Waals surface area contributed by atoms with E-state index in [1.807, 2.05) is 24.3 Å². The summed E-state index contributed by atoms with van der Waals surface area (Å²) in [5.74, 6) is 0. The third kappa shape index (κ3) is 3.96. The highest BCUT2D eigenvalue weighted by Gasteiger charge is 2.18. The molecule has 0 amide bonds. The van der Waals surface area contributed by atoms with Crippen LogP contribution in [0.2, 0.25) is 0 Å². The topological polar surface area (TPSA) is 26.3 Å². The molecular weight excluding hydrogens is 536 g/mol. The van der Waals surface area contributed by atoms with Crippen LogP contribution in [-0.2, 0) is 0 Å². The van der Waals surface area contributed by atoms with E-state index in [0.717, 1.165) is 55.0 Å². The predicted molar refractivity (Wildman–Crippen MR) is 183 cm³/mol. The van der Waals surface area contributed by atoms with Crippen LogP contribution in [0, 0.1) is 0 Å². The van der Waals surface area contributed by atoms with Gasteiger partial charge in [0.15, 0.2) is 0 Å². The Kier molecular flexibility index (Phi) is 5.54. The highest BCUT2D eigenvalue weighted by molar-refractivity contribution is 6.09. The molecule has 0 unspecified atom stereocenters. The van der Waals surface area contributed by atoms with Crippen LogP contribution in [0.5, 0.6) is 0 Å². The van der Waals surface area contributed by atoms with E-state index < -0.39 is 0 Å². The molecule has 0 N–H and O–H groups in total. The lowest BCUT2D eigenvalue weighted by Crippen LogP contribution is -1.92. The zero-order valence-corrected chi connectivity index (χ0v) is 23.8. The van der Waals surface area contributed by atoms with E-state index in [-0.39, 0.29) is 0 Å². The predicted octanol–water partition coefficient (Wildman–Crippen LogP) is 12.2. The lowest BCUT2D eigenvalue weighted by Gasteiger charge is -2.18. The fraction of sp³-hybridized carbons (Fsp3) is 0. The van der Waals surface area contributed by atoms with Crippen LogP contribution in [0.1, 0.15) is 0 Å². The van der Waals surface area contributed by atoms with Gasteiger partial charge >= 0.3 is 0 Å². The second kappa shape index (κ2) is 9.86. The van der Waals surface area contributed by atoms with E-state index in [4.69, 9.17) is 8.83 Å². The maximum Gasteiger partial charge on any atom is 0.135 e. The Bertz CT molecular complexity index is 2300. The van der Waals surface area contributed by atoms with Gasteiger partial charge in [-0.25, -0.2) is 0 Å². The van der Waals surface area contributed by atoms with Crippen LogP contribution in [0.25, 0.3) is 88.4 Å². The molecule has 0 aliphatic heterocycles. The lowest BCUT2D eigenvalue weighted by atomic mass is 9.85. The molecule has 2 heterocycles. The first-order valence-corrected chi connectivity index (χ1v) is 14.9. The molecule has 9 aromatic rings. The van der Waals surface area contributed by atoms with Gasteiger partial charge < -0.3 is 8.83 Å². The van der Waals surface area contributed by atoms with Crippen LogP contribution in [0.4, 0.5) is 0 Å². The maximum absolute atomic E-state index is 6.18. The second-order valence-corrected chi connectivity index (χ2v) is 11.3. The van der Waals surface area contributed by atoms with Crippen LogP contribution >= 0.6 is 0 Å². The molecule has 0 saturated carbocycles. The summed E-state index contributed by atoms with van der Waals surface area (Å²) in [4.78, 5) is 0. The maximum atomic E-state index is 6.18. The van der Waals surface area contributed by atoms with Crippen molar-refractivity contribution in [2.24, 2.45) is 0 Å². The van der Waals surface area contributed by atoms with E-state index in [1.165, 1.54) is 33.4 Å². The van der Waals surface area contributed by atoms with Gasteiger partial charge in [0.25, 0.3) is 0 Å². The van der Waals surface area contributed by atoms with Gasteiger partial charge in [-0.05, 0) is 93.0 Å². The van der Waals surface area contributed by atoms with Crippen LogP contribution < -0.4 is 0 Å². The number of furan rings is 2. The summed E-state index contributed by atoms with van der Waals surface area (Å²) in [7, 11) is 0. The van der Waals surface area contributed by atoms with Crippen molar-refractivity contribution in [1.29, 1.82) is 0 Å². The highest BCUT2D eigenvalue weighted by atomic mass is 16.3. The molecule has 0 aliphatic rings. The molecule has 0 atom stereocenters. The molecule has 2 heteroatoms. The number of rotatable bonds is 4. The fourth-order valence-corrected chi connectivity index (χ4v) is 6.58. The van der Waals surface area contributed by atoms with Crippen LogP contribution in [-0.4, -0.2) is 0 Å². The monoisotopic (exact) mass is 562 g/mol. The molecule has 0 bridgehead atoms. The molecule has 7 aromatic carbocycles. The molecule has 2 nitrogen and oxygen atoms in total. The van der Waals surface area contributed by atoms with Crippen LogP contribution in [0.15, 0.2) is 167 Å². The first-order chi connectivity index (χ1) is 21.8. The summed E-state index contributed by atoms with van der Waals surface area (Å²) in [5.41, 5.74) is 13.0. The normalized spacial score (nSPS) is 11.6. The van der Waals surface area contributed by atoms with Gasteiger partial charge in [-0.1, -0.05) is 109 Å². The molecule has 206 valence electrons. The number of para-hydroxylation sites is 2.